The van der Waals surface area contributed by atoms with Crippen LogP contribution in [0.3, 0.4) is 0 Å². The molecule has 0 aliphatic carbocycles. The van der Waals surface area contributed by atoms with Gasteiger partial charge in [0.25, 0.3) is 0 Å². The molecule has 1 heterocycles. The first-order valence-electron chi connectivity index (χ1n) is 8.79. The number of nitrogens with zero attached hydrogens (tertiary/aromatic N) is 1. The van der Waals surface area contributed by atoms with Crippen molar-refractivity contribution in [3.05, 3.63) is 113 Å². The molecule has 2 heteroatoms. The van der Waals surface area contributed by atoms with Gasteiger partial charge in [-0.05, 0) is 53.5 Å². The second kappa shape index (κ2) is 7.23. The maximum atomic E-state index is 6.13. The van der Waals surface area contributed by atoms with Crippen LogP contribution in [0.15, 0.2) is 91.5 Å². The van der Waals surface area contributed by atoms with E-state index in [1.807, 2.05) is 18.2 Å². The zero-order chi connectivity index (χ0) is 17.9. The van der Waals surface area contributed by atoms with E-state index in [2.05, 4.69) is 84.3 Å². The second-order valence-corrected chi connectivity index (χ2v) is 6.85. The molecule has 0 amide bonds. The highest BCUT2D eigenvalue weighted by Crippen LogP contribution is 2.43. The van der Waals surface area contributed by atoms with E-state index in [0.717, 1.165) is 17.1 Å². The van der Waals surface area contributed by atoms with Crippen molar-refractivity contribution in [3.8, 4) is 0 Å². The number of fused-ring (bicyclic) bond motifs is 1. The Morgan fingerprint density at radius 3 is 2.31 bits per heavy atom. The lowest BCUT2D eigenvalue weighted by molar-refractivity contribution is 0.707. The first-order valence-corrected chi connectivity index (χ1v) is 9.17. The number of rotatable bonds is 4. The summed E-state index contributed by atoms with van der Waals surface area (Å²) < 4.78 is 0. The summed E-state index contributed by atoms with van der Waals surface area (Å²) in [6.07, 6.45) is 5.14. The van der Waals surface area contributed by atoms with Crippen molar-refractivity contribution >= 4 is 29.1 Å². The van der Waals surface area contributed by atoms with Gasteiger partial charge in [-0.2, -0.15) is 0 Å². The van der Waals surface area contributed by atoms with Crippen LogP contribution in [0.5, 0.6) is 0 Å². The van der Waals surface area contributed by atoms with Crippen molar-refractivity contribution in [2.75, 3.05) is 4.90 Å². The van der Waals surface area contributed by atoms with Gasteiger partial charge in [0, 0.05) is 16.4 Å². The second-order valence-electron chi connectivity index (χ2n) is 6.41. The average molecular weight is 358 g/mol. The molecule has 0 radical (unpaired) electrons. The first-order chi connectivity index (χ1) is 12.8. The SMILES string of the molecule is C=CCC1c2ccccc2C=C(c2ccccc2)N1c1ccc(Cl)cc1. The minimum atomic E-state index is 0.199. The fourth-order valence-corrected chi connectivity index (χ4v) is 3.74. The molecule has 0 N–H and O–H groups in total. The van der Waals surface area contributed by atoms with Crippen molar-refractivity contribution in [2.45, 2.75) is 12.5 Å². The summed E-state index contributed by atoms with van der Waals surface area (Å²) in [7, 11) is 0. The largest absolute Gasteiger partial charge is 0.333 e. The predicted molar refractivity (Wildman–Crippen MR) is 112 cm³/mol. The van der Waals surface area contributed by atoms with Crippen molar-refractivity contribution < 1.29 is 0 Å². The molecule has 0 bridgehead atoms. The Hall–Kier alpha value is -2.77. The summed E-state index contributed by atoms with van der Waals surface area (Å²) in [6, 6.07) is 27.4. The van der Waals surface area contributed by atoms with E-state index in [4.69, 9.17) is 11.6 Å². The third-order valence-electron chi connectivity index (χ3n) is 4.78. The van der Waals surface area contributed by atoms with Gasteiger partial charge in [-0.1, -0.05) is 72.3 Å². The van der Waals surface area contributed by atoms with Gasteiger partial charge in [0.2, 0.25) is 0 Å². The lowest BCUT2D eigenvalue weighted by Gasteiger charge is -2.39. The molecule has 1 aliphatic rings. The molecule has 26 heavy (non-hydrogen) atoms. The molecule has 3 aromatic rings. The molecule has 0 spiro atoms. The highest BCUT2D eigenvalue weighted by atomic mass is 35.5. The third-order valence-corrected chi connectivity index (χ3v) is 5.03. The van der Waals surface area contributed by atoms with Crippen molar-refractivity contribution in [1.82, 2.24) is 0 Å². The average Bonchev–Trinajstić information content (AvgIpc) is 2.69. The Morgan fingerprint density at radius 2 is 1.58 bits per heavy atom. The topological polar surface area (TPSA) is 3.24 Å². The van der Waals surface area contributed by atoms with E-state index >= 15 is 0 Å². The standard InChI is InChI=1S/C24H20ClN/c1-2-8-23-22-12-7-6-11-19(22)17-24(18-9-4-3-5-10-18)26(23)21-15-13-20(25)14-16-21/h2-7,9-17,23H,1,8H2. The lowest BCUT2D eigenvalue weighted by atomic mass is 9.89. The Labute approximate surface area is 159 Å². The molecule has 1 aliphatic heterocycles. The fourth-order valence-electron chi connectivity index (χ4n) is 3.61. The Kier molecular flexibility index (Phi) is 4.64. The molecule has 128 valence electrons. The van der Waals surface area contributed by atoms with E-state index in [1.54, 1.807) is 0 Å². The zero-order valence-electron chi connectivity index (χ0n) is 14.5. The van der Waals surface area contributed by atoms with Crippen LogP contribution in [0.4, 0.5) is 5.69 Å². The summed E-state index contributed by atoms with van der Waals surface area (Å²) in [6.45, 7) is 4.00. The van der Waals surface area contributed by atoms with Gasteiger partial charge >= 0.3 is 0 Å². The van der Waals surface area contributed by atoms with Gasteiger partial charge < -0.3 is 4.90 Å². The third kappa shape index (κ3) is 3.07. The minimum absolute atomic E-state index is 0.199. The summed E-state index contributed by atoms with van der Waals surface area (Å²) in [5.41, 5.74) is 6.11. The zero-order valence-corrected chi connectivity index (χ0v) is 15.2. The van der Waals surface area contributed by atoms with Crippen LogP contribution in [0.1, 0.15) is 29.2 Å². The lowest BCUT2D eigenvalue weighted by Crippen LogP contribution is -2.30. The van der Waals surface area contributed by atoms with Crippen LogP contribution in [-0.4, -0.2) is 0 Å². The number of halogens is 1. The summed E-state index contributed by atoms with van der Waals surface area (Å²) in [5.74, 6) is 0. The van der Waals surface area contributed by atoms with Gasteiger partial charge in [-0.3, -0.25) is 0 Å². The molecular weight excluding hydrogens is 338 g/mol. The maximum absolute atomic E-state index is 6.13. The summed E-state index contributed by atoms with van der Waals surface area (Å²) >= 11 is 6.13. The van der Waals surface area contributed by atoms with Gasteiger partial charge in [0.1, 0.15) is 0 Å². The Bertz CT molecular complexity index is 941. The fraction of sp³-hybridized carbons (Fsp3) is 0.0833. The van der Waals surface area contributed by atoms with Crippen LogP contribution < -0.4 is 4.90 Å². The maximum Gasteiger partial charge on any atom is 0.0631 e. The molecule has 4 rings (SSSR count). The molecule has 0 saturated heterocycles. The van der Waals surface area contributed by atoms with Gasteiger partial charge in [0.15, 0.2) is 0 Å². The Morgan fingerprint density at radius 1 is 0.885 bits per heavy atom. The molecule has 3 aromatic carbocycles. The summed E-state index contributed by atoms with van der Waals surface area (Å²) in [4.78, 5) is 2.40. The van der Waals surface area contributed by atoms with E-state index in [-0.39, 0.29) is 6.04 Å². The number of anilines is 1. The highest BCUT2D eigenvalue weighted by Gasteiger charge is 2.29. The number of benzene rings is 3. The molecule has 0 saturated carbocycles. The van der Waals surface area contributed by atoms with Crippen LogP contribution in [-0.2, 0) is 0 Å². The first kappa shape index (κ1) is 16.7. The van der Waals surface area contributed by atoms with E-state index in [9.17, 15) is 0 Å². The quantitative estimate of drug-likeness (QED) is 0.455. The molecule has 1 unspecified atom stereocenters. The molecule has 1 nitrogen and oxygen atoms in total. The van der Waals surface area contributed by atoms with Crippen molar-refractivity contribution in [1.29, 1.82) is 0 Å². The van der Waals surface area contributed by atoms with Crippen LogP contribution in [0.25, 0.3) is 11.8 Å². The minimum Gasteiger partial charge on any atom is -0.333 e. The smallest absolute Gasteiger partial charge is 0.0631 e. The number of hydrogen-bond acceptors (Lipinski definition) is 1. The predicted octanol–water partition coefficient (Wildman–Crippen LogP) is 6.98. The van der Waals surface area contributed by atoms with E-state index in [1.165, 1.54) is 22.4 Å². The molecular formula is C24H20ClN. The monoisotopic (exact) mass is 357 g/mol. The van der Waals surface area contributed by atoms with Gasteiger partial charge in [0.05, 0.1) is 6.04 Å². The van der Waals surface area contributed by atoms with Crippen LogP contribution in [0, 0.1) is 0 Å². The highest BCUT2D eigenvalue weighted by molar-refractivity contribution is 6.30. The van der Waals surface area contributed by atoms with Gasteiger partial charge in [-0.15, -0.1) is 6.58 Å². The molecule has 1 atom stereocenters. The van der Waals surface area contributed by atoms with E-state index < -0.39 is 0 Å². The van der Waals surface area contributed by atoms with Gasteiger partial charge in [-0.25, -0.2) is 0 Å². The molecule has 0 fully saturated rings. The summed E-state index contributed by atoms with van der Waals surface area (Å²) in [5, 5.41) is 0.747. The van der Waals surface area contributed by atoms with Crippen LogP contribution in [0.2, 0.25) is 5.02 Å². The van der Waals surface area contributed by atoms with Crippen molar-refractivity contribution in [3.63, 3.8) is 0 Å². The Balaban J connectivity index is 1.94. The molecule has 0 aromatic heterocycles. The van der Waals surface area contributed by atoms with Crippen LogP contribution >= 0.6 is 11.6 Å². The van der Waals surface area contributed by atoms with E-state index in [0.29, 0.717) is 0 Å². The normalized spacial score (nSPS) is 16.0. The number of hydrogen-bond donors (Lipinski definition) is 0. The van der Waals surface area contributed by atoms with Crippen molar-refractivity contribution in [2.24, 2.45) is 0 Å².